The molecule has 0 aliphatic carbocycles. The van der Waals surface area contributed by atoms with E-state index in [0.29, 0.717) is 19.6 Å². The molecular formula is C21H27N3O2. The van der Waals surface area contributed by atoms with E-state index in [0.717, 1.165) is 48.8 Å². The van der Waals surface area contributed by atoms with Crippen molar-refractivity contribution in [2.45, 2.75) is 19.8 Å². The second kappa shape index (κ2) is 8.81. The van der Waals surface area contributed by atoms with E-state index in [2.05, 4.69) is 17.1 Å². The van der Waals surface area contributed by atoms with Crippen molar-refractivity contribution in [2.24, 2.45) is 0 Å². The molecule has 0 atom stereocenters. The van der Waals surface area contributed by atoms with Gasteiger partial charge in [0.05, 0.1) is 6.54 Å². The smallest absolute Gasteiger partial charge is 0.254 e. The Bertz CT molecular complexity index is 761. The molecule has 138 valence electrons. The Kier molecular flexibility index (Phi) is 6.23. The van der Waals surface area contributed by atoms with E-state index in [1.54, 1.807) is 0 Å². The summed E-state index contributed by atoms with van der Waals surface area (Å²) < 4.78 is 0. The van der Waals surface area contributed by atoms with E-state index in [1.807, 2.05) is 47.4 Å². The van der Waals surface area contributed by atoms with Gasteiger partial charge in [-0.05, 0) is 23.3 Å². The third-order valence-corrected chi connectivity index (χ3v) is 4.90. The largest absolute Gasteiger partial charge is 0.355 e. The highest BCUT2D eigenvalue weighted by atomic mass is 16.2. The Morgan fingerprint density at radius 1 is 1.00 bits per heavy atom. The van der Waals surface area contributed by atoms with Gasteiger partial charge in [0.15, 0.2) is 0 Å². The van der Waals surface area contributed by atoms with Gasteiger partial charge in [0.2, 0.25) is 5.91 Å². The maximum atomic E-state index is 12.9. The van der Waals surface area contributed by atoms with Gasteiger partial charge >= 0.3 is 0 Å². The first-order chi connectivity index (χ1) is 12.7. The quantitative estimate of drug-likeness (QED) is 0.812. The summed E-state index contributed by atoms with van der Waals surface area (Å²) in [5.74, 6) is 0.154. The first-order valence-corrected chi connectivity index (χ1v) is 9.45. The zero-order valence-corrected chi connectivity index (χ0v) is 15.4. The zero-order chi connectivity index (χ0) is 18.4. The highest BCUT2D eigenvalue weighted by Crippen LogP contribution is 2.20. The molecule has 26 heavy (non-hydrogen) atoms. The van der Waals surface area contributed by atoms with Crippen molar-refractivity contribution in [1.82, 2.24) is 15.1 Å². The number of piperazine rings is 1. The van der Waals surface area contributed by atoms with Crippen molar-refractivity contribution in [3.05, 3.63) is 48.0 Å². The van der Waals surface area contributed by atoms with Crippen LogP contribution in [0.1, 0.15) is 30.1 Å². The van der Waals surface area contributed by atoms with E-state index < -0.39 is 0 Å². The van der Waals surface area contributed by atoms with Crippen LogP contribution >= 0.6 is 0 Å². The molecule has 2 amide bonds. The van der Waals surface area contributed by atoms with E-state index in [9.17, 15) is 9.59 Å². The molecule has 5 nitrogen and oxygen atoms in total. The molecule has 1 heterocycles. The molecule has 0 bridgehead atoms. The Morgan fingerprint density at radius 3 is 2.50 bits per heavy atom. The van der Waals surface area contributed by atoms with Gasteiger partial charge in [-0.25, -0.2) is 0 Å². The number of amides is 2. The molecule has 1 fully saturated rings. The Hall–Kier alpha value is -2.40. The lowest BCUT2D eigenvalue weighted by atomic mass is 10.0. The number of benzene rings is 2. The maximum absolute atomic E-state index is 12.9. The molecule has 3 rings (SSSR count). The predicted molar refractivity (Wildman–Crippen MR) is 104 cm³/mol. The molecule has 5 heteroatoms. The normalized spacial score (nSPS) is 15.2. The van der Waals surface area contributed by atoms with Crippen molar-refractivity contribution in [3.63, 3.8) is 0 Å². The van der Waals surface area contributed by atoms with Crippen molar-refractivity contribution < 1.29 is 9.59 Å². The summed E-state index contributed by atoms with van der Waals surface area (Å²) in [5, 5.41) is 5.03. The Labute approximate surface area is 155 Å². The van der Waals surface area contributed by atoms with Crippen LogP contribution in [-0.4, -0.2) is 60.9 Å². The number of nitrogens with zero attached hydrogens (tertiary/aromatic N) is 2. The zero-order valence-electron chi connectivity index (χ0n) is 15.4. The molecule has 2 aromatic carbocycles. The minimum Gasteiger partial charge on any atom is -0.355 e. The summed E-state index contributed by atoms with van der Waals surface area (Å²) in [6, 6.07) is 13.8. The SMILES string of the molecule is CCCCNC(=O)CN1CCN(C(=O)c2cccc3ccccc23)CC1. The molecule has 0 aromatic heterocycles. The van der Waals surface area contributed by atoms with Gasteiger partial charge in [0, 0.05) is 38.3 Å². The van der Waals surface area contributed by atoms with E-state index in [-0.39, 0.29) is 11.8 Å². The standard InChI is InChI=1S/C21H27N3O2/c1-2-3-11-22-20(25)16-23-12-14-24(15-13-23)21(26)19-10-6-8-17-7-4-5-9-18(17)19/h4-10H,2-3,11-16H2,1H3,(H,22,25). The molecule has 1 aliphatic heterocycles. The van der Waals surface area contributed by atoms with Gasteiger partial charge in [-0.2, -0.15) is 0 Å². The first kappa shape index (κ1) is 18.4. The molecule has 0 saturated carbocycles. The second-order valence-corrected chi connectivity index (χ2v) is 6.80. The summed E-state index contributed by atoms with van der Waals surface area (Å²) in [5.41, 5.74) is 0.758. The number of fused-ring (bicyclic) bond motifs is 1. The van der Waals surface area contributed by atoms with Crippen LogP contribution in [0.15, 0.2) is 42.5 Å². The Balaban J connectivity index is 1.56. The lowest BCUT2D eigenvalue weighted by Crippen LogP contribution is -2.51. The highest BCUT2D eigenvalue weighted by molar-refractivity contribution is 6.07. The van der Waals surface area contributed by atoms with Gasteiger partial charge in [-0.1, -0.05) is 49.7 Å². The lowest BCUT2D eigenvalue weighted by Gasteiger charge is -2.34. The third-order valence-electron chi connectivity index (χ3n) is 4.90. The fourth-order valence-electron chi connectivity index (χ4n) is 3.35. The predicted octanol–water partition coefficient (Wildman–Crippen LogP) is 2.51. The molecule has 1 aliphatic rings. The van der Waals surface area contributed by atoms with Crippen molar-refractivity contribution in [1.29, 1.82) is 0 Å². The van der Waals surface area contributed by atoms with Gasteiger partial charge in [0.1, 0.15) is 0 Å². The average Bonchev–Trinajstić information content (AvgIpc) is 2.68. The number of carbonyl (C=O) groups is 2. The van der Waals surface area contributed by atoms with Crippen LogP contribution in [0, 0.1) is 0 Å². The van der Waals surface area contributed by atoms with Crippen LogP contribution in [0.3, 0.4) is 0 Å². The van der Waals surface area contributed by atoms with E-state index >= 15 is 0 Å². The molecule has 0 unspecified atom stereocenters. The Morgan fingerprint density at radius 2 is 1.73 bits per heavy atom. The summed E-state index contributed by atoms with van der Waals surface area (Å²) in [6.07, 6.45) is 2.09. The molecular weight excluding hydrogens is 326 g/mol. The van der Waals surface area contributed by atoms with Crippen molar-refractivity contribution >= 4 is 22.6 Å². The van der Waals surface area contributed by atoms with Crippen LogP contribution in [-0.2, 0) is 4.79 Å². The molecule has 2 aromatic rings. The van der Waals surface area contributed by atoms with Gasteiger partial charge < -0.3 is 10.2 Å². The topological polar surface area (TPSA) is 52.7 Å². The second-order valence-electron chi connectivity index (χ2n) is 6.80. The molecule has 1 saturated heterocycles. The summed E-state index contributed by atoms with van der Waals surface area (Å²) in [6.45, 7) is 6.05. The average molecular weight is 353 g/mol. The number of unbranched alkanes of at least 4 members (excludes halogenated alkanes) is 1. The summed E-state index contributed by atoms with van der Waals surface area (Å²) >= 11 is 0. The van der Waals surface area contributed by atoms with Crippen molar-refractivity contribution in [3.8, 4) is 0 Å². The first-order valence-electron chi connectivity index (χ1n) is 9.45. The number of hydrogen-bond acceptors (Lipinski definition) is 3. The third kappa shape index (κ3) is 4.41. The van der Waals surface area contributed by atoms with Crippen LogP contribution in [0.25, 0.3) is 10.8 Å². The van der Waals surface area contributed by atoms with Gasteiger partial charge in [-0.15, -0.1) is 0 Å². The summed E-state index contributed by atoms with van der Waals surface area (Å²) in [4.78, 5) is 28.9. The molecule has 0 radical (unpaired) electrons. The number of rotatable bonds is 6. The lowest BCUT2D eigenvalue weighted by molar-refractivity contribution is -0.122. The van der Waals surface area contributed by atoms with Crippen molar-refractivity contribution in [2.75, 3.05) is 39.3 Å². The monoisotopic (exact) mass is 353 g/mol. The minimum atomic E-state index is 0.0762. The number of nitrogens with one attached hydrogen (secondary N) is 1. The van der Waals surface area contributed by atoms with Gasteiger partial charge in [-0.3, -0.25) is 14.5 Å². The van der Waals surface area contributed by atoms with E-state index in [4.69, 9.17) is 0 Å². The van der Waals surface area contributed by atoms with Crippen LogP contribution < -0.4 is 5.32 Å². The van der Waals surface area contributed by atoms with E-state index in [1.165, 1.54) is 0 Å². The highest BCUT2D eigenvalue weighted by Gasteiger charge is 2.24. The number of carbonyl (C=O) groups excluding carboxylic acids is 2. The minimum absolute atomic E-state index is 0.0762. The van der Waals surface area contributed by atoms with Crippen LogP contribution in [0.2, 0.25) is 0 Å². The molecule has 1 N–H and O–H groups in total. The molecule has 0 spiro atoms. The fourth-order valence-corrected chi connectivity index (χ4v) is 3.35. The van der Waals surface area contributed by atoms with Gasteiger partial charge in [0.25, 0.3) is 5.91 Å². The van der Waals surface area contributed by atoms with Crippen LogP contribution in [0.5, 0.6) is 0 Å². The maximum Gasteiger partial charge on any atom is 0.254 e. The summed E-state index contributed by atoms with van der Waals surface area (Å²) in [7, 11) is 0. The number of hydrogen-bond donors (Lipinski definition) is 1. The fraction of sp³-hybridized carbons (Fsp3) is 0.429. The van der Waals surface area contributed by atoms with Crippen LogP contribution in [0.4, 0.5) is 0 Å².